The van der Waals surface area contributed by atoms with Crippen molar-refractivity contribution in [2.45, 2.75) is 78.6 Å². The molecule has 0 aromatic rings. The second kappa shape index (κ2) is 9.02. The van der Waals surface area contributed by atoms with Gasteiger partial charge < -0.3 is 9.47 Å². The summed E-state index contributed by atoms with van der Waals surface area (Å²) in [5, 5.41) is 0. The van der Waals surface area contributed by atoms with Crippen LogP contribution in [0.3, 0.4) is 0 Å². The third-order valence-electron chi connectivity index (χ3n) is 6.36. The van der Waals surface area contributed by atoms with Crippen molar-refractivity contribution in [1.82, 2.24) is 0 Å². The Labute approximate surface area is 148 Å². The van der Waals surface area contributed by atoms with Gasteiger partial charge >= 0.3 is 11.9 Å². The van der Waals surface area contributed by atoms with E-state index in [1.807, 2.05) is 0 Å². The van der Waals surface area contributed by atoms with Crippen LogP contribution in [0.2, 0.25) is 24.2 Å². The number of hydrogen-bond donors (Lipinski definition) is 0. The van der Waals surface area contributed by atoms with Crippen LogP contribution in [-0.4, -0.2) is 33.2 Å². The van der Waals surface area contributed by atoms with E-state index in [0.717, 1.165) is 12.8 Å². The van der Waals surface area contributed by atoms with Crippen LogP contribution in [-0.2, 0) is 19.1 Å². The molecule has 0 unspecified atom stereocenters. The second-order valence-electron chi connectivity index (χ2n) is 7.97. The van der Waals surface area contributed by atoms with E-state index in [1.165, 1.54) is 38.0 Å². The molecule has 1 rings (SSSR count). The van der Waals surface area contributed by atoms with Gasteiger partial charge in [-0.15, -0.1) is 0 Å². The van der Waals surface area contributed by atoms with Gasteiger partial charge in [-0.3, -0.25) is 9.59 Å². The molecule has 140 valence electrons. The molecule has 4 nitrogen and oxygen atoms in total. The molecular weight excluding hydrogens is 320 g/mol. The molecule has 0 spiro atoms. The maximum absolute atomic E-state index is 11.3. The van der Waals surface area contributed by atoms with Crippen molar-refractivity contribution in [3.63, 3.8) is 0 Å². The molecule has 0 amide bonds. The van der Waals surface area contributed by atoms with E-state index < -0.39 is 8.07 Å². The lowest BCUT2D eigenvalue weighted by molar-refractivity contribution is -0.151. The molecule has 0 heterocycles. The molecule has 0 N–H and O–H groups in total. The van der Waals surface area contributed by atoms with Crippen LogP contribution < -0.4 is 0 Å². The van der Waals surface area contributed by atoms with Gasteiger partial charge in [0.15, 0.2) is 0 Å². The summed E-state index contributed by atoms with van der Waals surface area (Å²) in [6.07, 6.45) is 1.98. The van der Waals surface area contributed by atoms with Crippen LogP contribution in [0.15, 0.2) is 0 Å². The van der Waals surface area contributed by atoms with Gasteiger partial charge in [0.2, 0.25) is 0 Å². The summed E-state index contributed by atoms with van der Waals surface area (Å²) in [5.74, 6) is 0.732. The van der Waals surface area contributed by atoms with Gasteiger partial charge in [-0.25, -0.2) is 0 Å². The standard InChI is InChI=1S/C19H36O4Si/c1-7-24(8-2,9-3)12-18-11-19(10-15(18)4,13-22-16(5)20)14-23-17(6)21/h15,18H,7-14H2,1-6H3/t15-,18+/m1/s1. The van der Waals surface area contributed by atoms with Crippen LogP contribution in [0.25, 0.3) is 0 Å². The molecule has 5 heteroatoms. The van der Waals surface area contributed by atoms with Crippen molar-refractivity contribution in [2.75, 3.05) is 13.2 Å². The van der Waals surface area contributed by atoms with Crippen LogP contribution in [0.4, 0.5) is 0 Å². The molecule has 1 fully saturated rings. The number of rotatable bonds is 9. The first-order chi connectivity index (χ1) is 11.2. The normalized spacial score (nSPS) is 23.1. The average molecular weight is 357 g/mol. The zero-order valence-electron chi connectivity index (χ0n) is 16.4. The van der Waals surface area contributed by atoms with Crippen molar-refractivity contribution in [1.29, 1.82) is 0 Å². The fraction of sp³-hybridized carbons (Fsp3) is 0.895. The Kier molecular flexibility index (Phi) is 7.97. The minimum absolute atomic E-state index is 0.198. The molecule has 0 aliphatic heterocycles. The van der Waals surface area contributed by atoms with Crippen LogP contribution in [0, 0.1) is 17.3 Å². The summed E-state index contributed by atoms with van der Waals surface area (Å²) in [4.78, 5) is 22.6. The molecule has 1 saturated carbocycles. The lowest BCUT2D eigenvalue weighted by atomic mass is 9.87. The predicted octanol–water partition coefficient (Wildman–Crippen LogP) is 4.65. The monoisotopic (exact) mass is 356 g/mol. The van der Waals surface area contributed by atoms with Crippen molar-refractivity contribution in [3.8, 4) is 0 Å². The van der Waals surface area contributed by atoms with E-state index in [1.54, 1.807) is 0 Å². The van der Waals surface area contributed by atoms with Crippen LogP contribution >= 0.6 is 0 Å². The molecule has 0 aromatic heterocycles. The number of esters is 2. The Bertz CT molecular complexity index is 405. The van der Waals surface area contributed by atoms with E-state index in [9.17, 15) is 9.59 Å². The van der Waals surface area contributed by atoms with Crippen LogP contribution in [0.1, 0.15) is 54.4 Å². The Morgan fingerprint density at radius 3 is 1.79 bits per heavy atom. The summed E-state index contributed by atoms with van der Waals surface area (Å²) in [6, 6.07) is 5.36. The maximum atomic E-state index is 11.3. The largest absolute Gasteiger partial charge is 0.465 e. The maximum Gasteiger partial charge on any atom is 0.302 e. The summed E-state index contributed by atoms with van der Waals surface area (Å²) in [6.45, 7) is 13.0. The van der Waals surface area contributed by atoms with Gasteiger partial charge in [0.05, 0.1) is 8.07 Å². The highest BCUT2D eigenvalue weighted by Gasteiger charge is 2.47. The third-order valence-corrected chi connectivity index (χ3v) is 12.3. The Hall–Kier alpha value is -0.843. The Balaban J connectivity index is 2.87. The number of carbonyl (C=O) groups is 2. The first kappa shape index (κ1) is 21.2. The first-order valence-corrected chi connectivity index (χ1v) is 12.3. The molecule has 1 aliphatic carbocycles. The van der Waals surface area contributed by atoms with Gasteiger partial charge in [-0.1, -0.05) is 51.9 Å². The summed E-state index contributed by atoms with van der Waals surface area (Å²) < 4.78 is 10.7. The minimum atomic E-state index is -1.19. The molecule has 0 radical (unpaired) electrons. The fourth-order valence-electron chi connectivity index (χ4n) is 4.49. The zero-order chi connectivity index (χ0) is 18.4. The summed E-state index contributed by atoms with van der Waals surface area (Å²) in [5.41, 5.74) is -0.198. The van der Waals surface area contributed by atoms with Gasteiger partial charge in [0.25, 0.3) is 0 Å². The van der Waals surface area contributed by atoms with Crippen molar-refractivity contribution < 1.29 is 19.1 Å². The van der Waals surface area contributed by atoms with Crippen LogP contribution in [0.5, 0.6) is 0 Å². The Morgan fingerprint density at radius 2 is 1.42 bits per heavy atom. The number of carbonyl (C=O) groups excluding carboxylic acids is 2. The highest BCUT2D eigenvalue weighted by atomic mass is 28.3. The number of ether oxygens (including phenoxy) is 2. The highest BCUT2D eigenvalue weighted by molar-refractivity contribution is 6.79. The van der Waals surface area contributed by atoms with Gasteiger partial charge in [-0.2, -0.15) is 0 Å². The summed E-state index contributed by atoms with van der Waals surface area (Å²) in [7, 11) is -1.19. The van der Waals surface area contributed by atoms with Crippen molar-refractivity contribution >= 4 is 20.0 Å². The molecule has 0 bridgehead atoms. The lowest BCUT2D eigenvalue weighted by Crippen LogP contribution is -2.35. The molecule has 0 aromatic carbocycles. The highest BCUT2D eigenvalue weighted by Crippen LogP contribution is 2.50. The van der Waals surface area contributed by atoms with Gasteiger partial charge in [0, 0.05) is 19.3 Å². The quantitative estimate of drug-likeness (QED) is 0.445. The third kappa shape index (κ3) is 5.61. The van der Waals surface area contributed by atoms with Crippen molar-refractivity contribution in [3.05, 3.63) is 0 Å². The zero-order valence-corrected chi connectivity index (χ0v) is 17.4. The lowest BCUT2D eigenvalue weighted by Gasteiger charge is -2.33. The second-order valence-corrected chi connectivity index (χ2v) is 13.5. The van der Waals surface area contributed by atoms with E-state index in [0.29, 0.717) is 25.0 Å². The van der Waals surface area contributed by atoms with E-state index >= 15 is 0 Å². The number of hydrogen-bond acceptors (Lipinski definition) is 4. The predicted molar refractivity (Wildman–Crippen MR) is 99.6 cm³/mol. The SMILES string of the molecule is CC[Si](CC)(CC)C[C@@H]1CC(COC(C)=O)(COC(C)=O)C[C@H]1C. The van der Waals surface area contributed by atoms with E-state index in [2.05, 4.69) is 27.7 Å². The molecule has 1 aliphatic rings. The average Bonchev–Trinajstić information content (AvgIpc) is 2.85. The smallest absolute Gasteiger partial charge is 0.302 e. The topological polar surface area (TPSA) is 52.6 Å². The molecule has 24 heavy (non-hydrogen) atoms. The Morgan fingerprint density at radius 1 is 0.958 bits per heavy atom. The fourth-order valence-corrected chi connectivity index (χ4v) is 8.51. The van der Waals surface area contributed by atoms with E-state index in [4.69, 9.17) is 9.47 Å². The minimum Gasteiger partial charge on any atom is -0.465 e. The van der Waals surface area contributed by atoms with E-state index in [-0.39, 0.29) is 17.4 Å². The first-order valence-electron chi connectivity index (χ1n) is 9.48. The summed E-state index contributed by atoms with van der Waals surface area (Å²) >= 11 is 0. The van der Waals surface area contributed by atoms with Crippen molar-refractivity contribution in [2.24, 2.45) is 17.3 Å². The molecule has 2 atom stereocenters. The molecule has 0 saturated heterocycles. The van der Waals surface area contributed by atoms with Gasteiger partial charge in [0.1, 0.15) is 13.2 Å². The van der Waals surface area contributed by atoms with Gasteiger partial charge in [-0.05, 0) is 24.7 Å². The molecular formula is C19H36O4Si.